The summed E-state index contributed by atoms with van der Waals surface area (Å²) in [4.78, 5) is 14.5. The van der Waals surface area contributed by atoms with E-state index >= 15 is 0 Å². The number of aromatic nitrogens is 1. The molecule has 0 radical (unpaired) electrons. The van der Waals surface area contributed by atoms with Crippen LogP contribution in [0.1, 0.15) is 21.1 Å². The fourth-order valence-electron chi connectivity index (χ4n) is 1.29. The number of rotatable bonds is 5. The van der Waals surface area contributed by atoms with E-state index in [4.69, 9.17) is 4.74 Å². The molecule has 0 unspecified atom stereocenters. The molecule has 0 bridgehead atoms. The number of ether oxygens (including phenoxy) is 1. The maximum atomic E-state index is 10.4. The summed E-state index contributed by atoms with van der Waals surface area (Å²) >= 11 is 1.34. The van der Waals surface area contributed by atoms with E-state index in [1.165, 1.54) is 11.3 Å². The van der Waals surface area contributed by atoms with Crippen LogP contribution in [0.5, 0.6) is 0 Å². The highest BCUT2D eigenvalue weighted by Gasteiger charge is 2.00. The van der Waals surface area contributed by atoms with Crippen molar-refractivity contribution in [3.63, 3.8) is 0 Å². The molecule has 0 fully saturated rings. The molecule has 0 aliphatic heterocycles. The SMILES string of the molecule is O=Cc1nc(COCc2ccccc2)cs1. The van der Waals surface area contributed by atoms with Crippen LogP contribution in [-0.2, 0) is 18.0 Å². The third-order valence-corrected chi connectivity index (χ3v) is 2.85. The van der Waals surface area contributed by atoms with Gasteiger partial charge in [-0.05, 0) is 5.56 Å². The highest BCUT2D eigenvalue weighted by Crippen LogP contribution is 2.09. The van der Waals surface area contributed by atoms with E-state index in [1.807, 2.05) is 35.7 Å². The van der Waals surface area contributed by atoms with Gasteiger partial charge >= 0.3 is 0 Å². The molecule has 0 N–H and O–H groups in total. The lowest BCUT2D eigenvalue weighted by molar-refractivity contribution is 0.104. The summed E-state index contributed by atoms with van der Waals surface area (Å²) in [6.45, 7) is 1.01. The first-order valence-electron chi connectivity index (χ1n) is 4.90. The second-order valence-electron chi connectivity index (χ2n) is 3.27. The Hall–Kier alpha value is -1.52. The lowest BCUT2D eigenvalue weighted by Crippen LogP contribution is -1.94. The molecular formula is C12H11NO2S. The van der Waals surface area contributed by atoms with Crippen molar-refractivity contribution in [3.05, 3.63) is 52.0 Å². The number of nitrogens with zero attached hydrogens (tertiary/aromatic N) is 1. The molecular weight excluding hydrogens is 222 g/mol. The molecule has 1 aromatic carbocycles. The normalized spacial score (nSPS) is 10.2. The van der Waals surface area contributed by atoms with E-state index < -0.39 is 0 Å². The standard InChI is InChI=1S/C12H11NO2S/c14-6-12-13-11(9-16-12)8-15-7-10-4-2-1-3-5-10/h1-6,9H,7-8H2. The minimum absolute atomic E-state index is 0.444. The first kappa shape index (κ1) is 11.0. The fraction of sp³-hybridized carbons (Fsp3) is 0.167. The van der Waals surface area contributed by atoms with Crippen molar-refractivity contribution in [1.82, 2.24) is 4.98 Å². The number of aldehydes is 1. The van der Waals surface area contributed by atoms with Gasteiger partial charge in [0.05, 0.1) is 18.9 Å². The van der Waals surface area contributed by atoms with Gasteiger partial charge in [-0.15, -0.1) is 11.3 Å². The molecule has 0 aliphatic rings. The van der Waals surface area contributed by atoms with Gasteiger partial charge in [0, 0.05) is 5.38 Å². The molecule has 0 aliphatic carbocycles. The summed E-state index contributed by atoms with van der Waals surface area (Å²) in [6.07, 6.45) is 0.755. The average Bonchev–Trinajstić information content (AvgIpc) is 2.78. The number of thiazole rings is 1. The highest BCUT2D eigenvalue weighted by molar-refractivity contribution is 7.11. The summed E-state index contributed by atoms with van der Waals surface area (Å²) in [6, 6.07) is 9.95. The molecule has 0 amide bonds. The Kier molecular flexibility index (Phi) is 3.80. The zero-order chi connectivity index (χ0) is 11.2. The molecule has 2 rings (SSSR count). The van der Waals surface area contributed by atoms with Crippen LogP contribution in [0.2, 0.25) is 0 Å². The molecule has 0 saturated heterocycles. The van der Waals surface area contributed by atoms with E-state index in [2.05, 4.69) is 4.98 Å². The smallest absolute Gasteiger partial charge is 0.178 e. The molecule has 4 heteroatoms. The Morgan fingerprint density at radius 2 is 2.06 bits per heavy atom. The summed E-state index contributed by atoms with van der Waals surface area (Å²) < 4.78 is 5.49. The fourth-order valence-corrected chi connectivity index (χ4v) is 1.89. The van der Waals surface area contributed by atoms with E-state index in [0.29, 0.717) is 18.2 Å². The van der Waals surface area contributed by atoms with Crippen LogP contribution in [-0.4, -0.2) is 11.3 Å². The molecule has 2 aromatic rings. The molecule has 0 atom stereocenters. The average molecular weight is 233 g/mol. The molecule has 1 aromatic heterocycles. The van der Waals surface area contributed by atoms with E-state index in [9.17, 15) is 4.79 Å². The van der Waals surface area contributed by atoms with Gasteiger partial charge in [-0.25, -0.2) is 4.98 Å². The Bertz CT molecular complexity index is 453. The van der Waals surface area contributed by atoms with Crippen LogP contribution < -0.4 is 0 Å². The highest BCUT2D eigenvalue weighted by atomic mass is 32.1. The number of benzene rings is 1. The quantitative estimate of drug-likeness (QED) is 0.745. The van der Waals surface area contributed by atoms with Crippen LogP contribution in [0.15, 0.2) is 35.7 Å². The van der Waals surface area contributed by atoms with Crippen LogP contribution >= 0.6 is 11.3 Å². The minimum Gasteiger partial charge on any atom is -0.370 e. The second-order valence-corrected chi connectivity index (χ2v) is 4.16. The Morgan fingerprint density at radius 3 is 2.75 bits per heavy atom. The summed E-state index contributed by atoms with van der Waals surface area (Å²) in [5, 5.41) is 2.34. The van der Waals surface area contributed by atoms with Crippen molar-refractivity contribution in [1.29, 1.82) is 0 Å². The van der Waals surface area contributed by atoms with Crippen molar-refractivity contribution in [2.45, 2.75) is 13.2 Å². The van der Waals surface area contributed by atoms with Crippen LogP contribution in [0.25, 0.3) is 0 Å². The predicted octanol–water partition coefficient (Wildman–Crippen LogP) is 2.67. The predicted molar refractivity (Wildman–Crippen MR) is 62.4 cm³/mol. The van der Waals surface area contributed by atoms with Crippen LogP contribution in [0.3, 0.4) is 0 Å². The van der Waals surface area contributed by atoms with Crippen LogP contribution in [0, 0.1) is 0 Å². The Labute approximate surface area is 97.7 Å². The van der Waals surface area contributed by atoms with Crippen LogP contribution in [0.4, 0.5) is 0 Å². The molecule has 16 heavy (non-hydrogen) atoms. The zero-order valence-electron chi connectivity index (χ0n) is 8.63. The summed E-state index contributed by atoms with van der Waals surface area (Å²) in [7, 11) is 0. The number of carbonyl (C=O) groups is 1. The van der Waals surface area contributed by atoms with E-state index in [1.54, 1.807) is 0 Å². The minimum atomic E-state index is 0.444. The molecule has 3 nitrogen and oxygen atoms in total. The first-order chi connectivity index (χ1) is 7.88. The number of hydrogen-bond donors (Lipinski definition) is 0. The van der Waals surface area contributed by atoms with Gasteiger partial charge < -0.3 is 4.74 Å². The lowest BCUT2D eigenvalue weighted by Gasteiger charge is -2.01. The molecule has 82 valence electrons. The van der Waals surface area contributed by atoms with E-state index in [0.717, 1.165) is 17.5 Å². The van der Waals surface area contributed by atoms with Gasteiger partial charge in [0.25, 0.3) is 0 Å². The van der Waals surface area contributed by atoms with Crippen molar-refractivity contribution in [2.75, 3.05) is 0 Å². The Balaban J connectivity index is 1.82. The third-order valence-electron chi connectivity index (χ3n) is 2.03. The van der Waals surface area contributed by atoms with Gasteiger partial charge in [-0.1, -0.05) is 30.3 Å². The van der Waals surface area contributed by atoms with Crippen molar-refractivity contribution in [2.24, 2.45) is 0 Å². The number of hydrogen-bond acceptors (Lipinski definition) is 4. The molecule has 1 heterocycles. The molecule has 0 spiro atoms. The lowest BCUT2D eigenvalue weighted by atomic mass is 10.2. The van der Waals surface area contributed by atoms with Crippen molar-refractivity contribution >= 4 is 17.6 Å². The monoisotopic (exact) mass is 233 g/mol. The summed E-state index contributed by atoms with van der Waals surface area (Å²) in [5.74, 6) is 0. The summed E-state index contributed by atoms with van der Waals surface area (Å²) in [5.41, 5.74) is 1.94. The molecule has 0 saturated carbocycles. The van der Waals surface area contributed by atoms with E-state index in [-0.39, 0.29) is 0 Å². The first-order valence-corrected chi connectivity index (χ1v) is 5.77. The van der Waals surface area contributed by atoms with Gasteiger partial charge in [-0.2, -0.15) is 0 Å². The third kappa shape index (κ3) is 2.98. The maximum Gasteiger partial charge on any atom is 0.178 e. The van der Waals surface area contributed by atoms with Gasteiger partial charge in [0.15, 0.2) is 11.3 Å². The topological polar surface area (TPSA) is 39.2 Å². The second kappa shape index (κ2) is 5.53. The maximum absolute atomic E-state index is 10.4. The van der Waals surface area contributed by atoms with Gasteiger partial charge in [0.1, 0.15) is 0 Å². The zero-order valence-corrected chi connectivity index (χ0v) is 9.44. The van der Waals surface area contributed by atoms with Gasteiger partial charge in [0.2, 0.25) is 0 Å². The van der Waals surface area contributed by atoms with Crippen molar-refractivity contribution < 1.29 is 9.53 Å². The van der Waals surface area contributed by atoms with Crippen molar-refractivity contribution in [3.8, 4) is 0 Å². The largest absolute Gasteiger partial charge is 0.370 e. The van der Waals surface area contributed by atoms with Gasteiger partial charge in [-0.3, -0.25) is 4.79 Å². The number of carbonyl (C=O) groups excluding carboxylic acids is 1. The Morgan fingerprint density at radius 1 is 1.25 bits per heavy atom.